The summed E-state index contributed by atoms with van der Waals surface area (Å²) < 4.78 is 23.4. The van der Waals surface area contributed by atoms with Crippen molar-refractivity contribution in [3.8, 4) is 0 Å². The van der Waals surface area contributed by atoms with Crippen LogP contribution in [0, 0.1) is 11.8 Å². The van der Waals surface area contributed by atoms with E-state index in [4.69, 9.17) is 0 Å². The third-order valence-corrected chi connectivity index (χ3v) is 4.82. The van der Waals surface area contributed by atoms with Crippen LogP contribution in [0.1, 0.15) is 31.1 Å². The van der Waals surface area contributed by atoms with Crippen LogP contribution < -0.4 is 0 Å². The molecule has 0 aliphatic heterocycles. The maximum Gasteiger partial charge on any atom is 0.167 e. The van der Waals surface area contributed by atoms with Crippen LogP contribution in [0.15, 0.2) is 30.3 Å². The highest BCUT2D eigenvalue weighted by atomic mass is 32.2. The fraction of sp³-hybridized carbons (Fsp3) is 0.500. The predicted octanol–water partition coefficient (Wildman–Crippen LogP) is 2.58. The first-order valence-corrected chi connectivity index (χ1v) is 7.99. The van der Waals surface area contributed by atoms with Crippen molar-refractivity contribution in [1.82, 2.24) is 0 Å². The molecule has 0 bridgehead atoms. The summed E-state index contributed by atoms with van der Waals surface area (Å²) >= 11 is 0. The van der Waals surface area contributed by atoms with Gasteiger partial charge in [-0.05, 0) is 5.92 Å². The third-order valence-electron chi connectivity index (χ3n) is 3.07. The number of Topliss-reactive ketones (excluding diaryl/α,β-unsaturated/α-hetero) is 1. The van der Waals surface area contributed by atoms with Crippen molar-refractivity contribution in [1.29, 1.82) is 0 Å². The largest absolute Gasteiger partial charge is 0.294 e. The average Bonchev–Trinajstić information content (AvgIpc) is 2.36. The van der Waals surface area contributed by atoms with Gasteiger partial charge in [0.05, 0.1) is 5.75 Å². The smallest absolute Gasteiger partial charge is 0.167 e. The Labute approximate surface area is 109 Å². The first kappa shape index (κ1) is 14.9. The van der Waals surface area contributed by atoms with Gasteiger partial charge < -0.3 is 0 Å². The number of benzene rings is 1. The second kappa shape index (κ2) is 6.14. The highest BCUT2D eigenvalue weighted by Gasteiger charge is 2.28. The van der Waals surface area contributed by atoms with E-state index in [2.05, 4.69) is 0 Å². The molecular formula is C14H20O3S. The minimum absolute atomic E-state index is 0.0130. The monoisotopic (exact) mass is 268 g/mol. The van der Waals surface area contributed by atoms with Crippen LogP contribution in [0.4, 0.5) is 0 Å². The summed E-state index contributed by atoms with van der Waals surface area (Å²) in [5, 5.41) is 0. The Morgan fingerprint density at radius 2 is 1.72 bits per heavy atom. The van der Waals surface area contributed by atoms with Crippen molar-refractivity contribution in [3.63, 3.8) is 0 Å². The summed E-state index contributed by atoms with van der Waals surface area (Å²) in [6, 6.07) is 8.88. The maximum atomic E-state index is 12.3. The lowest BCUT2D eigenvalue weighted by Crippen LogP contribution is -2.29. The molecule has 0 saturated carbocycles. The van der Waals surface area contributed by atoms with Gasteiger partial charge in [-0.25, -0.2) is 8.42 Å². The maximum absolute atomic E-state index is 12.3. The number of hydrogen-bond acceptors (Lipinski definition) is 3. The number of carbonyl (C=O) groups excluding carboxylic acids is 1. The van der Waals surface area contributed by atoms with Gasteiger partial charge in [-0.15, -0.1) is 0 Å². The van der Waals surface area contributed by atoms with E-state index in [-0.39, 0.29) is 23.2 Å². The summed E-state index contributed by atoms with van der Waals surface area (Å²) in [5.41, 5.74) is 0.586. The molecule has 0 spiro atoms. The number of hydrogen-bond donors (Lipinski definition) is 0. The van der Waals surface area contributed by atoms with Gasteiger partial charge in [-0.2, -0.15) is 0 Å². The Balaban J connectivity index is 2.97. The van der Waals surface area contributed by atoms with Crippen LogP contribution in [0.3, 0.4) is 0 Å². The molecule has 1 aromatic rings. The quantitative estimate of drug-likeness (QED) is 0.745. The minimum Gasteiger partial charge on any atom is -0.294 e. The highest BCUT2D eigenvalue weighted by Crippen LogP contribution is 2.19. The minimum atomic E-state index is -3.14. The lowest BCUT2D eigenvalue weighted by atomic mass is 9.89. The summed E-state index contributed by atoms with van der Waals surface area (Å²) in [6.45, 7) is 5.38. The van der Waals surface area contributed by atoms with Gasteiger partial charge in [0, 0.05) is 17.2 Å². The van der Waals surface area contributed by atoms with Crippen molar-refractivity contribution in [3.05, 3.63) is 35.9 Å². The average molecular weight is 268 g/mol. The normalized spacial score (nSPS) is 13.6. The second-order valence-electron chi connectivity index (χ2n) is 4.78. The molecule has 100 valence electrons. The summed E-state index contributed by atoms with van der Waals surface area (Å²) in [7, 11) is -3.14. The first-order valence-electron chi connectivity index (χ1n) is 6.17. The zero-order chi connectivity index (χ0) is 13.8. The Kier molecular flexibility index (Phi) is 5.08. The SMILES string of the molecule is CCS(=O)(=O)CC(C(=O)c1ccccc1)C(C)C. The fourth-order valence-corrected chi connectivity index (χ4v) is 3.10. The molecule has 0 saturated heterocycles. The van der Waals surface area contributed by atoms with Crippen LogP contribution in [0.5, 0.6) is 0 Å². The molecule has 1 atom stereocenters. The molecule has 18 heavy (non-hydrogen) atoms. The van der Waals surface area contributed by atoms with Gasteiger partial charge in [0.1, 0.15) is 0 Å². The van der Waals surface area contributed by atoms with Gasteiger partial charge in [0.25, 0.3) is 0 Å². The standard InChI is InChI=1S/C14H20O3S/c1-4-18(16,17)10-13(11(2)3)14(15)12-8-6-5-7-9-12/h5-9,11,13H,4,10H2,1-3H3. The molecule has 0 amide bonds. The van der Waals surface area contributed by atoms with E-state index < -0.39 is 15.8 Å². The Morgan fingerprint density at radius 3 is 2.17 bits per heavy atom. The van der Waals surface area contributed by atoms with Crippen molar-refractivity contribution in [2.45, 2.75) is 20.8 Å². The van der Waals surface area contributed by atoms with E-state index in [1.807, 2.05) is 19.9 Å². The molecular weight excluding hydrogens is 248 g/mol. The topological polar surface area (TPSA) is 51.2 Å². The fourth-order valence-electron chi connectivity index (χ4n) is 1.78. The van der Waals surface area contributed by atoms with Crippen LogP contribution in [0.2, 0.25) is 0 Å². The number of sulfone groups is 1. The van der Waals surface area contributed by atoms with Crippen molar-refractivity contribution >= 4 is 15.6 Å². The van der Waals surface area contributed by atoms with Gasteiger partial charge in [0.2, 0.25) is 0 Å². The predicted molar refractivity (Wildman–Crippen MR) is 73.4 cm³/mol. The second-order valence-corrected chi connectivity index (χ2v) is 7.18. The molecule has 0 fully saturated rings. The van der Waals surface area contributed by atoms with E-state index in [1.165, 1.54) is 0 Å². The zero-order valence-corrected chi connectivity index (χ0v) is 11.9. The van der Waals surface area contributed by atoms with Crippen molar-refractivity contribution in [2.75, 3.05) is 11.5 Å². The van der Waals surface area contributed by atoms with E-state index in [0.29, 0.717) is 5.56 Å². The molecule has 4 heteroatoms. The molecule has 0 N–H and O–H groups in total. The lowest BCUT2D eigenvalue weighted by molar-refractivity contribution is 0.0901. The molecule has 3 nitrogen and oxygen atoms in total. The van der Waals surface area contributed by atoms with E-state index >= 15 is 0 Å². The van der Waals surface area contributed by atoms with E-state index in [1.54, 1.807) is 31.2 Å². The molecule has 0 radical (unpaired) electrons. The van der Waals surface area contributed by atoms with Gasteiger partial charge >= 0.3 is 0 Å². The number of rotatable bonds is 6. The molecule has 0 aliphatic carbocycles. The van der Waals surface area contributed by atoms with Gasteiger partial charge in [-0.3, -0.25) is 4.79 Å². The van der Waals surface area contributed by atoms with E-state index in [0.717, 1.165) is 0 Å². The molecule has 0 aromatic heterocycles. The molecule has 1 unspecified atom stereocenters. The molecule has 1 aromatic carbocycles. The van der Waals surface area contributed by atoms with Crippen LogP contribution in [0.25, 0.3) is 0 Å². The van der Waals surface area contributed by atoms with Gasteiger partial charge in [-0.1, -0.05) is 51.1 Å². The zero-order valence-electron chi connectivity index (χ0n) is 11.1. The highest BCUT2D eigenvalue weighted by molar-refractivity contribution is 7.91. The van der Waals surface area contributed by atoms with Crippen molar-refractivity contribution in [2.24, 2.45) is 11.8 Å². The lowest BCUT2D eigenvalue weighted by Gasteiger charge is -2.19. The van der Waals surface area contributed by atoms with Crippen LogP contribution >= 0.6 is 0 Å². The van der Waals surface area contributed by atoms with Crippen LogP contribution in [-0.2, 0) is 9.84 Å². The molecule has 0 heterocycles. The summed E-state index contributed by atoms with van der Waals surface area (Å²) in [5.74, 6) is -0.508. The summed E-state index contributed by atoms with van der Waals surface area (Å²) in [4.78, 5) is 12.3. The van der Waals surface area contributed by atoms with E-state index in [9.17, 15) is 13.2 Å². The molecule has 1 rings (SSSR count). The number of carbonyl (C=O) groups is 1. The van der Waals surface area contributed by atoms with Crippen LogP contribution in [-0.4, -0.2) is 25.7 Å². The molecule has 0 aliphatic rings. The first-order chi connectivity index (χ1) is 8.37. The van der Waals surface area contributed by atoms with Gasteiger partial charge in [0.15, 0.2) is 15.6 Å². The Bertz CT molecular complexity index is 489. The Hall–Kier alpha value is -1.16. The third kappa shape index (κ3) is 3.95. The van der Waals surface area contributed by atoms with Crippen molar-refractivity contribution < 1.29 is 13.2 Å². The summed E-state index contributed by atoms with van der Waals surface area (Å²) in [6.07, 6.45) is 0. The number of ketones is 1. The Morgan fingerprint density at radius 1 is 1.17 bits per heavy atom.